The summed E-state index contributed by atoms with van der Waals surface area (Å²) in [5.41, 5.74) is 1.21. The van der Waals surface area contributed by atoms with E-state index in [0.717, 1.165) is 51.7 Å². The van der Waals surface area contributed by atoms with E-state index in [1.54, 1.807) is 12.1 Å². The van der Waals surface area contributed by atoms with Crippen molar-refractivity contribution in [2.75, 3.05) is 19.6 Å². The van der Waals surface area contributed by atoms with Crippen LogP contribution in [-0.4, -0.2) is 47.8 Å². The molecule has 1 aromatic rings. The molecular formula is C19H29FN2O. The van der Waals surface area contributed by atoms with Crippen LogP contribution in [0.5, 0.6) is 0 Å². The van der Waals surface area contributed by atoms with Crippen molar-refractivity contribution in [3.63, 3.8) is 0 Å². The Balaban J connectivity index is 1.37. The summed E-state index contributed by atoms with van der Waals surface area (Å²) in [7, 11) is 0. The number of likely N-dealkylation sites (tertiary alicyclic amines) is 1. The van der Waals surface area contributed by atoms with Gasteiger partial charge < -0.3 is 15.3 Å². The van der Waals surface area contributed by atoms with E-state index < -0.39 is 0 Å². The molecule has 2 aliphatic rings. The molecule has 0 amide bonds. The fraction of sp³-hybridized carbons (Fsp3) is 0.684. The minimum atomic E-state index is -0.162. The second-order valence-electron chi connectivity index (χ2n) is 7.12. The zero-order valence-electron chi connectivity index (χ0n) is 13.9. The normalized spacial score (nSPS) is 27.2. The van der Waals surface area contributed by atoms with Gasteiger partial charge in [-0.25, -0.2) is 4.39 Å². The Kier molecular flexibility index (Phi) is 6.03. The number of rotatable bonds is 5. The molecule has 1 saturated heterocycles. The first kappa shape index (κ1) is 16.9. The Labute approximate surface area is 138 Å². The van der Waals surface area contributed by atoms with Crippen LogP contribution in [0.25, 0.3) is 0 Å². The van der Waals surface area contributed by atoms with Crippen LogP contribution in [0, 0.1) is 5.82 Å². The van der Waals surface area contributed by atoms with Gasteiger partial charge in [0.1, 0.15) is 5.82 Å². The van der Waals surface area contributed by atoms with Crippen molar-refractivity contribution in [3.8, 4) is 0 Å². The van der Waals surface area contributed by atoms with Crippen LogP contribution < -0.4 is 5.32 Å². The predicted molar refractivity (Wildman–Crippen MR) is 91.0 cm³/mol. The molecule has 2 atom stereocenters. The third-order valence-corrected chi connectivity index (χ3v) is 5.40. The number of aliphatic hydroxyl groups is 1. The Hall–Kier alpha value is -0.970. The number of aliphatic hydroxyl groups excluding tert-OH is 1. The van der Waals surface area contributed by atoms with E-state index in [0.29, 0.717) is 12.1 Å². The fourth-order valence-corrected chi connectivity index (χ4v) is 3.87. The molecule has 3 nitrogen and oxygen atoms in total. The number of nitrogens with zero attached hydrogens (tertiary/aromatic N) is 1. The third kappa shape index (κ3) is 5.00. The highest BCUT2D eigenvalue weighted by molar-refractivity contribution is 5.16. The maximum absolute atomic E-state index is 12.9. The third-order valence-electron chi connectivity index (χ3n) is 5.40. The van der Waals surface area contributed by atoms with Gasteiger partial charge in [-0.3, -0.25) is 0 Å². The number of hydrogen-bond acceptors (Lipinski definition) is 3. The SMILES string of the molecule is O[C@@H]1CCCC[C@H]1NC1CCN(CCc2ccc(F)cc2)CC1. The van der Waals surface area contributed by atoms with Crippen LogP contribution in [0.2, 0.25) is 0 Å². The molecule has 128 valence electrons. The van der Waals surface area contributed by atoms with Crippen molar-refractivity contribution >= 4 is 0 Å². The summed E-state index contributed by atoms with van der Waals surface area (Å²) in [5, 5.41) is 13.8. The lowest BCUT2D eigenvalue weighted by molar-refractivity contribution is 0.0766. The van der Waals surface area contributed by atoms with Crippen molar-refractivity contribution in [1.82, 2.24) is 10.2 Å². The van der Waals surface area contributed by atoms with Gasteiger partial charge >= 0.3 is 0 Å². The minimum Gasteiger partial charge on any atom is -0.392 e. The van der Waals surface area contributed by atoms with Gasteiger partial charge in [0.2, 0.25) is 0 Å². The highest BCUT2D eigenvalue weighted by Gasteiger charge is 2.27. The summed E-state index contributed by atoms with van der Waals surface area (Å²) in [6, 6.07) is 7.71. The highest BCUT2D eigenvalue weighted by Crippen LogP contribution is 2.21. The molecule has 1 heterocycles. The Bertz CT molecular complexity index is 471. The molecule has 23 heavy (non-hydrogen) atoms. The molecule has 0 aromatic heterocycles. The van der Waals surface area contributed by atoms with E-state index >= 15 is 0 Å². The molecule has 2 N–H and O–H groups in total. The lowest BCUT2D eigenvalue weighted by Crippen LogP contribution is -2.51. The van der Waals surface area contributed by atoms with Gasteiger partial charge in [0, 0.05) is 18.6 Å². The summed E-state index contributed by atoms with van der Waals surface area (Å²) in [5.74, 6) is -0.162. The Morgan fingerprint density at radius 2 is 1.74 bits per heavy atom. The number of piperidine rings is 1. The molecule has 1 aromatic carbocycles. The number of benzene rings is 1. The summed E-state index contributed by atoms with van der Waals surface area (Å²) in [4.78, 5) is 2.50. The predicted octanol–water partition coefficient (Wildman–Crippen LogP) is 2.73. The van der Waals surface area contributed by atoms with Gasteiger partial charge in [-0.2, -0.15) is 0 Å². The molecule has 1 aliphatic heterocycles. The molecule has 4 heteroatoms. The average molecular weight is 320 g/mol. The molecule has 0 spiro atoms. The molecule has 0 bridgehead atoms. The Morgan fingerprint density at radius 3 is 2.43 bits per heavy atom. The molecule has 0 unspecified atom stereocenters. The summed E-state index contributed by atoms with van der Waals surface area (Å²) in [6.07, 6.45) is 7.63. The van der Waals surface area contributed by atoms with E-state index in [1.807, 2.05) is 12.1 Å². The van der Waals surface area contributed by atoms with Crippen LogP contribution in [-0.2, 0) is 6.42 Å². The fourth-order valence-electron chi connectivity index (χ4n) is 3.87. The Morgan fingerprint density at radius 1 is 1.04 bits per heavy atom. The van der Waals surface area contributed by atoms with E-state index in [2.05, 4.69) is 10.2 Å². The monoisotopic (exact) mass is 320 g/mol. The smallest absolute Gasteiger partial charge is 0.123 e. The van der Waals surface area contributed by atoms with Gasteiger partial charge in [-0.15, -0.1) is 0 Å². The van der Waals surface area contributed by atoms with Crippen molar-refractivity contribution < 1.29 is 9.50 Å². The van der Waals surface area contributed by atoms with Gasteiger partial charge in [-0.05, 0) is 62.9 Å². The maximum atomic E-state index is 12.9. The second kappa shape index (κ2) is 8.22. The quantitative estimate of drug-likeness (QED) is 0.876. The van der Waals surface area contributed by atoms with Gasteiger partial charge in [0.15, 0.2) is 0 Å². The second-order valence-corrected chi connectivity index (χ2v) is 7.12. The van der Waals surface area contributed by atoms with E-state index in [4.69, 9.17) is 0 Å². The van der Waals surface area contributed by atoms with Gasteiger partial charge in [-0.1, -0.05) is 25.0 Å². The van der Waals surface area contributed by atoms with Crippen LogP contribution >= 0.6 is 0 Å². The standard InChI is InChI=1S/C19H29FN2O/c20-16-7-5-15(6-8-16)9-12-22-13-10-17(11-14-22)21-18-3-1-2-4-19(18)23/h5-8,17-19,21,23H,1-4,9-14H2/t18-,19-/m1/s1. The molecule has 1 aliphatic carbocycles. The zero-order valence-corrected chi connectivity index (χ0v) is 13.9. The summed E-state index contributed by atoms with van der Waals surface area (Å²) < 4.78 is 12.9. The summed E-state index contributed by atoms with van der Waals surface area (Å²) >= 11 is 0. The molecule has 3 rings (SSSR count). The van der Waals surface area contributed by atoms with E-state index in [9.17, 15) is 9.50 Å². The molecule has 2 fully saturated rings. The van der Waals surface area contributed by atoms with Crippen LogP contribution in [0.3, 0.4) is 0 Å². The van der Waals surface area contributed by atoms with Crippen LogP contribution in [0.1, 0.15) is 44.1 Å². The molecule has 1 saturated carbocycles. The number of halogens is 1. The molecule has 0 radical (unpaired) electrons. The van der Waals surface area contributed by atoms with Crippen LogP contribution in [0.4, 0.5) is 4.39 Å². The van der Waals surface area contributed by atoms with Crippen molar-refractivity contribution in [2.45, 2.75) is 63.1 Å². The lowest BCUT2D eigenvalue weighted by Gasteiger charge is -2.37. The van der Waals surface area contributed by atoms with Crippen molar-refractivity contribution in [3.05, 3.63) is 35.6 Å². The van der Waals surface area contributed by atoms with E-state index in [-0.39, 0.29) is 11.9 Å². The lowest BCUT2D eigenvalue weighted by atomic mass is 9.91. The average Bonchev–Trinajstić information content (AvgIpc) is 2.58. The summed E-state index contributed by atoms with van der Waals surface area (Å²) in [6.45, 7) is 3.27. The number of nitrogens with one attached hydrogen (secondary N) is 1. The number of hydrogen-bond donors (Lipinski definition) is 2. The van der Waals surface area contributed by atoms with E-state index in [1.165, 1.54) is 18.4 Å². The highest BCUT2D eigenvalue weighted by atomic mass is 19.1. The zero-order chi connectivity index (χ0) is 16.1. The topological polar surface area (TPSA) is 35.5 Å². The largest absolute Gasteiger partial charge is 0.392 e. The minimum absolute atomic E-state index is 0.153. The van der Waals surface area contributed by atoms with Crippen molar-refractivity contribution in [1.29, 1.82) is 0 Å². The first-order chi connectivity index (χ1) is 11.2. The van der Waals surface area contributed by atoms with Gasteiger partial charge in [0.25, 0.3) is 0 Å². The van der Waals surface area contributed by atoms with Crippen molar-refractivity contribution in [2.24, 2.45) is 0 Å². The first-order valence-electron chi connectivity index (χ1n) is 9.11. The van der Waals surface area contributed by atoms with Gasteiger partial charge in [0.05, 0.1) is 6.10 Å². The molecular weight excluding hydrogens is 291 g/mol. The first-order valence-corrected chi connectivity index (χ1v) is 9.11. The van der Waals surface area contributed by atoms with Crippen LogP contribution in [0.15, 0.2) is 24.3 Å². The maximum Gasteiger partial charge on any atom is 0.123 e.